The van der Waals surface area contributed by atoms with Gasteiger partial charge >= 0.3 is 0 Å². The molecule has 1 aliphatic carbocycles. The molecule has 0 aromatic heterocycles. The molecule has 1 N–H and O–H groups in total. The van der Waals surface area contributed by atoms with Gasteiger partial charge in [0.2, 0.25) is 0 Å². The van der Waals surface area contributed by atoms with E-state index in [9.17, 15) is 0 Å². The standard InChI is InChI=1S/C18H35N/c1-6-8-9-15-19-18(12-7-2)13-10-16(11-14-18)17(3,4)5/h7,16,19H,2,6,8-15H2,1,3-5H3. The van der Waals surface area contributed by atoms with Crippen molar-refractivity contribution in [1.82, 2.24) is 5.32 Å². The lowest BCUT2D eigenvalue weighted by molar-refractivity contribution is 0.115. The third-order valence-electron chi connectivity index (χ3n) is 4.98. The van der Waals surface area contributed by atoms with Gasteiger partial charge in [0, 0.05) is 5.54 Å². The fourth-order valence-corrected chi connectivity index (χ4v) is 3.49. The third kappa shape index (κ3) is 5.30. The largest absolute Gasteiger partial charge is 0.311 e. The quantitative estimate of drug-likeness (QED) is 0.485. The fraction of sp³-hybridized carbons (Fsp3) is 0.889. The zero-order chi connectivity index (χ0) is 14.4. The van der Waals surface area contributed by atoms with Crippen LogP contribution in [-0.4, -0.2) is 12.1 Å². The Hall–Kier alpha value is -0.300. The van der Waals surface area contributed by atoms with Crippen LogP contribution < -0.4 is 5.32 Å². The molecule has 1 aliphatic rings. The van der Waals surface area contributed by atoms with E-state index in [-0.39, 0.29) is 0 Å². The Kier molecular flexibility index (Phi) is 6.59. The van der Waals surface area contributed by atoms with Crippen LogP contribution >= 0.6 is 0 Å². The van der Waals surface area contributed by atoms with E-state index in [2.05, 4.69) is 45.7 Å². The van der Waals surface area contributed by atoms with Gasteiger partial charge in [-0.3, -0.25) is 0 Å². The molecule has 0 spiro atoms. The van der Waals surface area contributed by atoms with Gasteiger partial charge in [-0.25, -0.2) is 0 Å². The molecule has 0 atom stereocenters. The van der Waals surface area contributed by atoms with Gasteiger partial charge in [0.25, 0.3) is 0 Å². The molecular formula is C18H35N. The first-order valence-corrected chi connectivity index (χ1v) is 8.29. The zero-order valence-electron chi connectivity index (χ0n) is 13.7. The van der Waals surface area contributed by atoms with E-state index in [1.54, 1.807) is 0 Å². The van der Waals surface area contributed by atoms with Crippen molar-refractivity contribution in [3.8, 4) is 0 Å². The van der Waals surface area contributed by atoms with Gasteiger partial charge in [-0.1, -0.05) is 46.6 Å². The molecule has 0 amide bonds. The van der Waals surface area contributed by atoms with Gasteiger partial charge in [-0.05, 0) is 56.4 Å². The molecule has 0 radical (unpaired) electrons. The average molecular weight is 265 g/mol. The molecule has 1 saturated carbocycles. The molecule has 0 heterocycles. The smallest absolute Gasteiger partial charge is 0.0216 e. The summed E-state index contributed by atoms with van der Waals surface area (Å²) in [6.45, 7) is 14.6. The average Bonchev–Trinajstić information content (AvgIpc) is 2.35. The van der Waals surface area contributed by atoms with Gasteiger partial charge in [-0.15, -0.1) is 6.58 Å². The second-order valence-electron chi connectivity index (χ2n) is 7.55. The Labute approximate surface area is 121 Å². The summed E-state index contributed by atoms with van der Waals surface area (Å²) < 4.78 is 0. The molecule has 0 unspecified atom stereocenters. The first-order chi connectivity index (χ1) is 8.93. The molecule has 1 rings (SSSR count). The van der Waals surface area contributed by atoms with Crippen LogP contribution in [0, 0.1) is 11.3 Å². The highest BCUT2D eigenvalue weighted by molar-refractivity contribution is 4.98. The topological polar surface area (TPSA) is 12.0 Å². The third-order valence-corrected chi connectivity index (χ3v) is 4.98. The maximum absolute atomic E-state index is 3.97. The van der Waals surface area contributed by atoms with E-state index in [0.717, 1.165) is 12.3 Å². The summed E-state index contributed by atoms with van der Waals surface area (Å²) >= 11 is 0. The predicted molar refractivity (Wildman–Crippen MR) is 86.5 cm³/mol. The highest BCUT2D eigenvalue weighted by Crippen LogP contribution is 2.42. The van der Waals surface area contributed by atoms with Gasteiger partial charge in [-0.2, -0.15) is 0 Å². The number of unbranched alkanes of at least 4 members (excludes halogenated alkanes) is 2. The van der Waals surface area contributed by atoms with Crippen LogP contribution in [-0.2, 0) is 0 Å². The van der Waals surface area contributed by atoms with Crippen LogP contribution in [0.1, 0.15) is 79.1 Å². The fourth-order valence-electron chi connectivity index (χ4n) is 3.49. The van der Waals surface area contributed by atoms with Crippen molar-refractivity contribution in [3.63, 3.8) is 0 Å². The van der Waals surface area contributed by atoms with Crippen molar-refractivity contribution in [2.45, 2.75) is 84.6 Å². The maximum Gasteiger partial charge on any atom is 0.0216 e. The molecule has 112 valence electrons. The Balaban J connectivity index is 2.48. The molecule has 19 heavy (non-hydrogen) atoms. The first-order valence-electron chi connectivity index (χ1n) is 8.29. The van der Waals surface area contributed by atoms with E-state index < -0.39 is 0 Å². The lowest BCUT2D eigenvalue weighted by Gasteiger charge is -2.44. The summed E-state index contributed by atoms with van der Waals surface area (Å²) in [6, 6.07) is 0. The Morgan fingerprint density at radius 3 is 2.32 bits per heavy atom. The highest BCUT2D eigenvalue weighted by atomic mass is 15.0. The number of rotatable bonds is 7. The lowest BCUT2D eigenvalue weighted by atomic mass is 9.66. The maximum atomic E-state index is 3.97. The monoisotopic (exact) mass is 265 g/mol. The van der Waals surface area contributed by atoms with Crippen LogP contribution in [0.25, 0.3) is 0 Å². The number of hydrogen-bond donors (Lipinski definition) is 1. The van der Waals surface area contributed by atoms with E-state index in [1.807, 2.05) is 0 Å². The summed E-state index contributed by atoms with van der Waals surface area (Å²) in [7, 11) is 0. The van der Waals surface area contributed by atoms with E-state index in [0.29, 0.717) is 11.0 Å². The van der Waals surface area contributed by atoms with Crippen molar-refractivity contribution >= 4 is 0 Å². The second-order valence-corrected chi connectivity index (χ2v) is 7.55. The number of nitrogens with one attached hydrogen (secondary N) is 1. The summed E-state index contributed by atoms with van der Waals surface area (Å²) in [6.07, 6.45) is 12.6. The summed E-state index contributed by atoms with van der Waals surface area (Å²) in [5, 5.41) is 3.87. The van der Waals surface area contributed by atoms with Crippen molar-refractivity contribution in [3.05, 3.63) is 12.7 Å². The lowest BCUT2D eigenvalue weighted by Crippen LogP contribution is -2.49. The molecule has 1 fully saturated rings. The Morgan fingerprint density at radius 1 is 1.21 bits per heavy atom. The zero-order valence-corrected chi connectivity index (χ0v) is 13.7. The van der Waals surface area contributed by atoms with Crippen LogP contribution in [0.15, 0.2) is 12.7 Å². The van der Waals surface area contributed by atoms with Gasteiger partial charge in [0.1, 0.15) is 0 Å². The highest BCUT2D eigenvalue weighted by Gasteiger charge is 2.37. The predicted octanol–water partition coefficient (Wildman–Crippen LogP) is 5.32. The number of hydrogen-bond acceptors (Lipinski definition) is 1. The molecule has 0 bridgehead atoms. The first kappa shape index (κ1) is 16.8. The van der Waals surface area contributed by atoms with Crippen molar-refractivity contribution in [2.24, 2.45) is 11.3 Å². The minimum Gasteiger partial charge on any atom is -0.311 e. The van der Waals surface area contributed by atoms with E-state index in [1.165, 1.54) is 51.5 Å². The second kappa shape index (κ2) is 7.47. The molecule has 0 aromatic rings. The van der Waals surface area contributed by atoms with E-state index in [4.69, 9.17) is 0 Å². The summed E-state index contributed by atoms with van der Waals surface area (Å²) in [5.74, 6) is 0.892. The van der Waals surface area contributed by atoms with Crippen LogP contribution in [0.2, 0.25) is 0 Å². The SMILES string of the molecule is C=CCC1(NCCCCC)CCC(C(C)(C)C)CC1. The molecule has 1 nitrogen and oxygen atoms in total. The van der Waals surface area contributed by atoms with Crippen LogP contribution in [0.4, 0.5) is 0 Å². The Morgan fingerprint density at radius 2 is 1.84 bits per heavy atom. The minimum atomic E-state index is 0.358. The van der Waals surface area contributed by atoms with Crippen molar-refractivity contribution < 1.29 is 0 Å². The van der Waals surface area contributed by atoms with Crippen molar-refractivity contribution in [2.75, 3.05) is 6.54 Å². The molecule has 1 heteroatoms. The van der Waals surface area contributed by atoms with Gasteiger partial charge in [0.05, 0.1) is 0 Å². The molecule has 0 aromatic carbocycles. The summed E-state index contributed by atoms with van der Waals surface area (Å²) in [4.78, 5) is 0. The van der Waals surface area contributed by atoms with Gasteiger partial charge < -0.3 is 5.32 Å². The molecular weight excluding hydrogens is 230 g/mol. The van der Waals surface area contributed by atoms with Gasteiger partial charge in [0.15, 0.2) is 0 Å². The van der Waals surface area contributed by atoms with Crippen LogP contribution in [0.5, 0.6) is 0 Å². The van der Waals surface area contributed by atoms with E-state index >= 15 is 0 Å². The normalized spacial score (nSPS) is 28.3. The van der Waals surface area contributed by atoms with Crippen molar-refractivity contribution in [1.29, 1.82) is 0 Å². The molecule has 0 saturated heterocycles. The minimum absolute atomic E-state index is 0.358. The molecule has 0 aliphatic heterocycles. The Bertz CT molecular complexity index is 253. The van der Waals surface area contributed by atoms with Crippen LogP contribution in [0.3, 0.4) is 0 Å². The summed E-state index contributed by atoms with van der Waals surface area (Å²) in [5.41, 5.74) is 0.833.